The molecule has 0 fully saturated rings. The molecule has 1 atom stereocenters. The highest BCUT2D eigenvalue weighted by atomic mass is 35.5. The standard InChI is InChI=1S/C12H15Cl2FN2O/c1-6(2)3-10(16)12(18)17-11-8(13)4-7(15)5-9(11)14/h4-6,10H,3,16H2,1-2H3,(H,17,18). The normalized spacial score (nSPS) is 12.6. The molecule has 1 aromatic carbocycles. The minimum absolute atomic E-state index is 0.0464. The first-order valence-electron chi connectivity index (χ1n) is 5.52. The summed E-state index contributed by atoms with van der Waals surface area (Å²) < 4.78 is 13.0. The second-order valence-corrected chi connectivity index (χ2v) is 5.28. The second-order valence-electron chi connectivity index (χ2n) is 4.47. The molecule has 1 rings (SSSR count). The summed E-state index contributed by atoms with van der Waals surface area (Å²) in [5, 5.41) is 2.61. The summed E-state index contributed by atoms with van der Waals surface area (Å²) in [6.07, 6.45) is 0.544. The molecule has 1 amide bonds. The molecule has 0 bridgehead atoms. The summed E-state index contributed by atoms with van der Waals surface area (Å²) in [7, 11) is 0. The van der Waals surface area contributed by atoms with E-state index in [2.05, 4.69) is 5.32 Å². The number of benzene rings is 1. The summed E-state index contributed by atoms with van der Waals surface area (Å²) in [6.45, 7) is 3.93. The average molecular weight is 293 g/mol. The van der Waals surface area contributed by atoms with Gasteiger partial charge in [0.2, 0.25) is 5.91 Å². The molecule has 0 aliphatic carbocycles. The van der Waals surface area contributed by atoms with E-state index in [0.717, 1.165) is 12.1 Å². The van der Waals surface area contributed by atoms with E-state index in [1.165, 1.54) is 0 Å². The van der Waals surface area contributed by atoms with Crippen molar-refractivity contribution < 1.29 is 9.18 Å². The zero-order valence-electron chi connectivity index (χ0n) is 10.1. The summed E-state index contributed by atoms with van der Waals surface area (Å²) in [4.78, 5) is 11.8. The van der Waals surface area contributed by atoms with Crippen LogP contribution in [0.15, 0.2) is 12.1 Å². The van der Waals surface area contributed by atoms with Gasteiger partial charge in [-0.1, -0.05) is 37.0 Å². The molecule has 18 heavy (non-hydrogen) atoms. The number of nitrogens with one attached hydrogen (secondary N) is 1. The minimum atomic E-state index is -0.651. The molecule has 1 aromatic rings. The number of hydrogen-bond donors (Lipinski definition) is 2. The molecule has 3 N–H and O–H groups in total. The third-order valence-corrected chi connectivity index (χ3v) is 2.91. The van der Waals surface area contributed by atoms with Crippen molar-refractivity contribution in [2.24, 2.45) is 11.7 Å². The van der Waals surface area contributed by atoms with Crippen molar-refractivity contribution in [3.63, 3.8) is 0 Å². The number of hydrogen-bond acceptors (Lipinski definition) is 2. The van der Waals surface area contributed by atoms with Crippen LogP contribution in [0.1, 0.15) is 20.3 Å². The van der Waals surface area contributed by atoms with E-state index in [9.17, 15) is 9.18 Å². The van der Waals surface area contributed by atoms with Crippen molar-refractivity contribution in [3.05, 3.63) is 28.0 Å². The van der Waals surface area contributed by atoms with Crippen LogP contribution in [-0.4, -0.2) is 11.9 Å². The van der Waals surface area contributed by atoms with E-state index in [0.29, 0.717) is 12.3 Å². The van der Waals surface area contributed by atoms with E-state index >= 15 is 0 Å². The Kier molecular flexibility index (Phi) is 5.38. The molecule has 0 aliphatic heterocycles. The highest BCUT2D eigenvalue weighted by Gasteiger charge is 2.18. The largest absolute Gasteiger partial charge is 0.322 e. The predicted molar refractivity (Wildman–Crippen MR) is 72.5 cm³/mol. The molecule has 3 nitrogen and oxygen atoms in total. The average Bonchev–Trinajstić information content (AvgIpc) is 2.21. The lowest BCUT2D eigenvalue weighted by atomic mass is 10.0. The van der Waals surface area contributed by atoms with Crippen LogP contribution in [0, 0.1) is 11.7 Å². The number of amides is 1. The van der Waals surface area contributed by atoms with E-state index in [4.69, 9.17) is 28.9 Å². The van der Waals surface area contributed by atoms with Crippen molar-refractivity contribution >= 4 is 34.8 Å². The van der Waals surface area contributed by atoms with Crippen molar-refractivity contribution in [1.82, 2.24) is 0 Å². The predicted octanol–water partition coefficient (Wildman–Crippen LogP) is 3.44. The summed E-state index contributed by atoms with van der Waals surface area (Å²) in [5.41, 5.74) is 5.91. The molecule has 0 saturated heterocycles. The van der Waals surface area contributed by atoms with Gasteiger partial charge in [-0.15, -0.1) is 0 Å². The number of anilines is 1. The lowest BCUT2D eigenvalue weighted by Crippen LogP contribution is -2.36. The van der Waals surface area contributed by atoms with E-state index < -0.39 is 11.9 Å². The number of halogens is 3. The van der Waals surface area contributed by atoms with Gasteiger partial charge in [0.15, 0.2) is 0 Å². The monoisotopic (exact) mass is 292 g/mol. The van der Waals surface area contributed by atoms with Crippen LogP contribution in [0.25, 0.3) is 0 Å². The fourth-order valence-electron chi connectivity index (χ4n) is 1.49. The van der Waals surface area contributed by atoms with Crippen molar-refractivity contribution in [1.29, 1.82) is 0 Å². The zero-order chi connectivity index (χ0) is 13.9. The summed E-state index contributed by atoms with van der Waals surface area (Å²) >= 11 is 11.6. The van der Waals surface area contributed by atoms with Gasteiger partial charge >= 0.3 is 0 Å². The number of rotatable bonds is 4. The Bertz CT molecular complexity index is 429. The van der Waals surface area contributed by atoms with Crippen LogP contribution in [0.3, 0.4) is 0 Å². The van der Waals surface area contributed by atoms with Gasteiger partial charge in [0, 0.05) is 0 Å². The van der Waals surface area contributed by atoms with Crippen LogP contribution in [-0.2, 0) is 4.79 Å². The van der Waals surface area contributed by atoms with Gasteiger partial charge in [-0.2, -0.15) is 0 Å². The van der Waals surface area contributed by atoms with Gasteiger partial charge < -0.3 is 11.1 Å². The Morgan fingerprint density at radius 1 is 1.39 bits per heavy atom. The van der Waals surface area contributed by atoms with Gasteiger partial charge in [-0.3, -0.25) is 4.79 Å². The Morgan fingerprint density at radius 2 is 1.89 bits per heavy atom. The summed E-state index contributed by atoms with van der Waals surface area (Å²) in [5.74, 6) is -0.654. The van der Waals surface area contributed by atoms with Gasteiger partial charge in [0.1, 0.15) is 5.82 Å². The Morgan fingerprint density at radius 3 is 2.33 bits per heavy atom. The molecule has 0 heterocycles. The Labute approximate surface area is 115 Å². The zero-order valence-corrected chi connectivity index (χ0v) is 11.6. The molecule has 0 radical (unpaired) electrons. The number of carbonyl (C=O) groups excluding carboxylic acids is 1. The maximum Gasteiger partial charge on any atom is 0.241 e. The SMILES string of the molecule is CC(C)CC(N)C(=O)Nc1c(Cl)cc(F)cc1Cl. The van der Waals surface area contributed by atoms with Crippen molar-refractivity contribution in [2.45, 2.75) is 26.3 Å². The van der Waals surface area contributed by atoms with Gasteiger partial charge in [0.05, 0.1) is 21.8 Å². The van der Waals surface area contributed by atoms with Crippen LogP contribution in [0.2, 0.25) is 10.0 Å². The van der Waals surface area contributed by atoms with Crippen LogP contribution in [0.4, 0.5) is 10.1 Å². The fraction of sp³-hybridized carbons (Fsp3) is 0.417. The quantitative estimate of drug-likeness (QED) is 0.893. The molecular weight excluding hydrogens is 278 g/mol. The maximum atomic E-state index is 13.0. The third-order valence-electron chi connectivity index (χ3n) is 2.32. The highest BCUT2D eigenvalue weighted by Crippen LogP contribution is 2.31. The molecule has 0 aromatic heterocycles. The van der Waals surface area contributed by atoms with Crippen LogP contribution >= 0.6 is 23.2 Å². The van der Waals surface area contributed by atoms with E-state index in [1.807, 2.05) is 13.8 Å². The van der Waals surface area contributed by atoms with Gasteiger partial charge in [-0.25, -0.2) is 4.39 Å². The van der Waals surface area contributed by atoms with Crippen molar-refractivity contribution in [2.75, 3.05) is 5.32 Å². The molecule has 100 valence electrons. The molecule has 1 unspecified atom stereocenters. The molecule has 0 spiro atoms. The topological polar surface area (TPSA) is 55.1 Å². The van der Waals surface area contributed by atoms with Gasteiger partial charge in [0.25, 0.3) is 0 Å². The summed E-state index contributed by atoms with van der Waals surface area (Å²) in [6, 6.07) is 1.51. The smallest absolute Gasteiger partial charge is 0.241 e. The third kappa shape index (κ3) is 4.12. The Balaban J connectivity index is 2.82. The number of carbonyl (C=O) groups is 1. The second kappa shape index (κ2) is 6.36. The van der Waals surface area contributed by atoms with Crippen LogP contribution in [0.5, 0.6) is 0 Å². The maximum absolute atomic E-state index is 13.0. The van der Waals surface area contributed by atoms with E-state index in [1.54, 1.807) is 0 Å². The molecule has 0 aliphatic rings. The first kappa shape index (κ1) is 15.2. The first-order chi connectivity index (χ1) is 8.31. The molecular formula is C12H15Cl2FN2O. The lowest BCUT2D eigenvalue weighted by molar-refractivity contribution is -0.117. The number of nitrogens with two attached hydrogens (primary N) is 1. The van der Waals surface area contributed by atoms with Gasteiger partial charge in [-0.05, 0) is 24.5 Å². The van der Waals surface area contributed by atoms with Crippen molar-refractivity contribution in [3.8, 4) is 0 Å². The molecule has 0 saturated carbocycles. The van der Waals surface area contributed by atoms with E-state index in [-0.39, 0.29) is 21.6 Å². The highest BCUT2D eigenvalue weighted by molar-refractivity contribution is 6.39. The van der Waals surface area contributed by atoms with Crippen LogP contribution < -0.4 is 11.1 Å². The lowest BCUT2D eigenvalue weighted by Gasteiger charge is -2.15. The fourth-order valence-corrected chi connectivity index (χ4v) is 2.05. The molecule has 6 heteroatoms. The Hall–Kier alpha value is -0.840. The first-order valence-corrected chi connectivity index (χ1v) is 6.27. The minimum Gasteiger partial charge on any atom is -0.322 e.